The maximum atomic E-state index is 12.1. The standard InChI is InChI=1S/C20H24N2O3/c1-14(23)19-13-18(25-15(19)2)9-10-20(24)21-16-5-7-17(8-6-16)22-11-3-4-12-22/h5-8,13H,3-4,9-12H2,1-2H3,(H,21,24). The van der Waals surface area contributed by atoms with E-state index in [0.29, 0.717) is 29.9 Å². The van der Waals surface area contributed by atoms with E-state index < -0.39 is 0 Å². The first-order valence-corrected chi connectivity index (χ1v) is 8.78. The van der Waals surface area contributed by atoms with Crippen molar-refractivity contribution < 1.29 is 14.0 Å². The molecule has 1 aliphatic heterocycles. The molecular weight excluding hydrogens is 316 g/mol. The van der Waals surface area contributed by atoms with Crippen LogP contribution in [0.2, 0.25) is 0 Å². The number of furan rings is 1. The van der Waals surface area contributed by atoms with Crippen LogP contribution in [0.4, 0.5) is 11.4 Å². The predicted octanol–water partition coefficient (Wildman–Crippen LogP) is 3.96. The minimum atomic E-state index is -0.0626. The molecule has 0 saturated carbocycles. The molecule has 1 aliphatic rings. The zero-order valence-corrected chi connectivity index (χ0v) is 14.8. The van der Waals surface area contributed by atoms with Gasteiger partial charge in [0.25, 0.3) is 0 Å². The minimum absolute atomic E-state index is 0.0185. The second kappa shape index (κ2) is 7.55. The number of hydrogen-bond acceptors (Lipinski definition) is 4. The molecule has 1 aromatic carbocycles. The number of nitrogens with zero attached hydrogens (tertiary/aromatic N) is 1. The van der Waals surface area contributed by atoms with Gasteiger partial charge in [-0.15, -0.1) is 0 Å². The molecule has 1 fully saturated rings. The number of ketones is 1. The van der Waals surface area contributed by atoms with Gasteiger partial charge in [-0.3, -0.25) is 9.59 Å². The smallest absolute Gasteiger partial charge is 0.224 e. The molecule has 0 atom stereocenters. The lowest BCUT2D eigenvalue weighted by Crippen LogP contribution is -2.17. The first-order chi connectivity index (χ1) is 12.0. The van der Waals surface area contributed by atoms with Gasteiger partial charge in [0.2, 0.25) is 5.91 Å². The normalized spacial score (nSPS) is 13.9. The number of aryl methyl sites for hydroxylation is 2. The van der Waals surface area contributed by atoms with E-state index in [-0.39, 0.29) is 11.7 Å². The van der Waals surface area contributed by atoms with E-state index in [4.69, 9.17) is 4.42 Å². The van der Waals surface area contributed by atoms with Crippen molar-refractivity contribution in [3.8, 4) is 0 Å². The molecule has 132 valence electrons. The lowest BCUT2D eigenvalue weighted by atomic mass is 10.1. The van der Waals surface area contributed by atoms with Crippen LogP contribution in [0.3, 0.4) is 0 Å². The summed E-state index contributed by atoms with van der Waals surface area (Å²) in [6.45, 7) is 5.50. The zero-order valence-electron chi connectivity index (χ0n) is 14.8. The lowest BCUT2D eigenvalue weighted by Gasteiger charge is -2.17. The highest BCUT2D eigenvalue weighted by atomic mass is 16.3. The largest absolute Gasteiger partial charge is 0.466 e. The molecule has 5 heteroatoms. The number of carbonyl (C=O) groups is 2. The minimum Gasteiger partial charge on any atom is -0.466 e. The fourth-order valence-electron chi connectivity index (χ4n) is 3.21. The molecule has 2 aromatic rings. The lowest BCUT2D eigenvalue weighted by molar-refractivity contribution is -0.116. The second-order valence-electron chi connectivity index (χ2n) is 6.53. The number of nitrogens with one attached hydrogen (secondary N) is 1. The Balaban J connectivity index is 1.52. The fraction of sp³-hybridized carbons (Fsp3) is 0.400. The van der Waals surface area contributed by atoms with Crippen molar-refractivity contribution >= 4 is 23.1 Å². The summed E-state index contributed by atoms with van der Waals surface area (Å²) in [5, 5.41) is 2.91. The number of benzene rings is 1. The number of rotatable bonds is 6. The van der Waals surface area contributed by atoms with Crippen LogP contribution in [-0.4, -0.2) is 24.8 Å². The predicted molar refractivity (Wildman–Crippen MR) is 98.3 cm³/mol. The monoisotopic (exact) mass is 340 g/mol. The van der Waals surface area contributed by atoms with E-state index >= 15 is 0 Å². The van der Waals surface area contributed by atoms with Crippen LogP contribution in [0.25, 0.3) is 0 Å². The Labute approximate surface area is 148 Å². The Morgan fingerprint density at radius 2 is 1.84 bits per heavy atom. The molecule has 0 bridgehead atoms. The second-order valence-corrected chi connectivity index (χ2v) is 6.53. The van der Waals surface area contributed by atoms with Crippen LogP contribution in [0.15, 0.2) is 34.7 Å². The SMILES string of the molecule is CC(=O)c1cc(CCC(=O)Nc2ccc(N3CCCC3)cc2)oc1C. The highest BCUT2D eigenvalue weighted by molar-refractivity contribution is 5.95. The number of Topliss-reactive ketones (excluding diaryl/α,β-unsaturated/α-hetero) is 1. The van der Waals surface area contributed by atoms with Gasteiger partial charge in [-0.25, -0.2) is 0 Å². The first kappa shape index (κ1) is 17.3. The molecule has 1 aromatic heterocycles. The molecule has 0 aliphatic carbocycles. The molecule has 0 spiro atoms. The summed E-state index contributed by atoms with van der Waals surface area (Å²) in [5.74, 6) is 1.20. The third-order valence-electron chi connectivity index (χ3n) is 4.57. The van der Waals surface area contributed by atoms with Crippen molar-refractivity contribution in [2.24, 2.45) is 0 Å². The van der Waals surface area contributed by atoms with Crippen molar-refractivity contribution in [2.45, 2.75) is 39.5 Å². The van der Waals surface area contributed by atoms with Crippen LogP contribution in [0, 0.1) is 6.92 Å². The number of carbonyl (C=O) groups excluding carboxylic acids is 2. The molecular formula is C20H24N2O3. The van der Waals surface area contributed by atoms with E-state index in [9.17, 15) is 9.59 Å². The van der Waals surface area contributed by atoms with Gasteiger partial charge in [-0.2, -0.15) is 0 Å². The zero-order chi connectivity index (χ0) is 17.8. The van der Waals surface area contributed by atoms with Crippen molar-refractivity contribution in [2.75, 3.05) is 23.3 Å². The Morgan fingerprint density at radius 1 is 1.16 bits per heavy atom. The molecule has 3 rings (SSSR count). The number of hydrogen-bond donors (Lipinski definition) is 1. The van der Waals surface area contributed by atoms with Gasteiger partial charge in [0, 0.05) is 37.3 Å². The average molecular weight is 340 g/mol. The third kappa shape index (κ3) is 4.29. The maximum Gasteiger partial charge on any atom is 0.224 e. The summed E-state index contributed by atoms with van der Waals surface area (Å²) in [6.07, 6.45) is 3.29. The van der Waals surface area contributed by atoms with Crippen LogP contribution in [-0.2, 0) is 11.2 Å². The van der Waals surface area contributed by atoms with Gasteiger partial charge in [0.05, 0.1) is 5.56 Å². The maximum absolute atomic E-state index is 12.1. The number of anilines is 2. The van der Waals surface area contributed by atoms with Gasteiger partial charge < -0.3 is 14.6 Å². The summed E-state index contributed by atoms with van der Waals surface area (Å²) >= 11 is 0. The van der Waals surface area contributed by atoms with Crippen LogP contribution in [0.5, 0.6) is 0 Å². The molecule has 0 radical (unpaired) electrons. The summed E-state index contributed by atoms with van der Waals surface area (Å²) in [5.41, 5.74) is 2.60. The van der Waals surface area contributed by atoms with Crippen molar-refractivity contribution in [3.05, 3.63) is 47.4 Å². The van der Waals surface area contributed by atoms with Gasteiger partial charge in [-0.05, 0) is 57.0 Å². The van der Waals surface area contributed by atoms with E-state index in [1.54, 1.807) is 13.0 Å². The molecule has 1 amide bonds. The highest BCUT2D eigenvalue weighted by Gasteiger charge is 2.14. The van der Waals surface area contributed by atoms with Crippen LogP contribution >= 0.6 is 0 Å². The Kier molecular flexibility index (Phi) is 5.22. The van der Waals surface area contributed by atoms with Gasteiger partial charge in [0.15, 0.2) is 5.78 Å². The van der Waals surface area contributed by atoms with Crippen molar-refractivity contribution in [1.29, 1.82) is 0 Å². The molecule has 1 saturated heterocycles. The summed E-state index contributed by atoms with van der Waals surface area (Å²) in [7, 11) is 0. The fourth-order valence-corrected chi connectivity index (χ4v) is 3.21. The molecule has 5 nitrogen and oxygen atoms in total. The van der Waals surface area contributed by atoms with Gasteiger partial charge in [-0.1, -0.05) is 0 Å². The molecule has 1 N–H and O–H groups in total. The van der Waals surface area contributed by atoms with Crippen LogP contribution < -0.4 is 10.2 Å². The van der Waals surface area contributed by atoms with Gasteiger partial charge in [0.1, 0.15) is 11.5 Å². The number of amides is 1. The highest BCUT2D eigenvalue weighted by Crippen LogP contribution is 2.22. The topological polar surface area (TPSA) is 62.6 Å². The average Bonchev–Trinajstić information content (AvgIpc) is 3.23. The quantitative estimate of drug-likeness (QED) is 0.809. The first-order valence-electron chi connectivity index (χ1n) is 8.78. The van der Waals surface area contributed by atoms with E-state index in [1.165, 1.54) is 25.5 Å². The molecule has 25 heavy (non-hydrogen) atoms. The molecule has 2 heterocycles. The van der Waals surface area contributed by atoms with E-state index in [2.05, 4.69) is 22.3 Å². The van der Waals surface area contributed by atoms with Crippen molar-refractivity contribution in [3.63, 3.8) is 0 Å². The van der Waals surface area contributed by atoms with Crippen molar-refractivity contribution in [1.82, 2.24) is 0 Å². The third-order valence-corrected chi connectivity index (χ3v) is 4.57. The summed E-state index contributed by atoms with van der Waals surface area (Å²) in [6, 6.07) is 9.72. The summed E-state index contributed by atoms with van der Waals surface area (Å²) in [4.78, 5) is 25.9. The Morgan fingerprint density at radius 3 is 2.44 bits per heavy atom. The Hall–Kier alpha value is -2.56. The van der Waals surface area contributed by atoms with Gasteiger partial charge >= 0.3 is 0 Å². The Bertz CT molecular complexity index is 756. The van der Waals surface area contributed by atoms with Crippen LogP contribution in [0.1, 0.15) is 48.1 Å². The van der Waals surface area contributed by atoms with E-state index in [1.807, 2.05) is 12.1 Å². The van der Waals surface area contributed by atoms with E-state index in [0.717, 1.165) is 18.8 Å². The summed E-state index contributed by atoms with van der Waals surface area (Å²) < 4.78 is 5.54. The molecule has 0 unspecified atom stereocenters.